The average Bonchev–Trinajstić information content (AvgIpc) is 2.19. The Kier molecular flexibility index (Phi) is 2.14. The summed E-state index contributed by atoms with van der Waals surface area (Å²) in [4.78, 5) is 3.19. The Morgan fingerprint density at radius 1 is 1.00 bits per heavy atom. The van der Waals surface area contributed by atoms with Crippen LogP contribution < -0.4 is 22.7 Å². The lowest BCUT2D eigenvalue weighted by atomic mass is 10.1. The van der Waals surface area contributed by atoms with Crippen LogP contribution in [0.3, 0.4) is 0 Å². The van der Waals surface area contributed by atoms with Gasteiger partial charge in [0, 0.05) is 0 Å². The van der Waals surface area contributed by atoms with Gasteiger partial charge >= 0.3 is 0 Å². The van der Waals surface area contributed by atoms with E-state index in [2.05, 4.69) is 46.7 Å². The van der Waals surface area contributed by atoms with Crippen LogP contribution in [0.5, 0.6) is 0 Å². The number of benzene rings is 2. The SMILES string of the molecule is C1=[NH+]c2cccc3cccc(c23)N1.[Cl-]. The summed E-state index contributed by atoms with van der Waals surface area (Å²) in [7, 11) is 0. The summed E-state index contributed by atoms with van der Waals surface area (Å²) in [5.74, 6) is 0. The predicted octanol–water partition coefficient (Wildman–Crippen LogP) is -1.99. The Labute approximate surface area is 88.1 Å². The van der Waals surface area contributed by atoms with Crippen molar-refractivity contribution in [2.75, 3.05) is 5.32 Å². The van der Waals surface area contributed by atoms with Crippen LogP contribution in [0.1, 0.15) is 0 Å². The molecule has 0 spiro atoms. The van der Waals surface area contributed by atoms with Crippen molar-refractivity contribution in [3.63, 3.8) is 0 Å². The Morgan fingerprint density at radius 2 is 1.79 bits per heavy atom. The van der Waals surface area contributed by atoms with Crippen molar-refractivity contribution >= 4 is 28.5 Å². The summed E-state index contributed by atoms with van der Waals surface area (Å²) < 4.78 is 0. The minimum atomic E-state index is 0. The van der Waals surface area contributed by atoms with Gasteiger partial charge in [-0.15, -0.1) is 0 Å². The molecule has 0 unspecified atom stereocenters. The Morgan fingerprint density at radius 3 is 2.64 bits per heavy atom. The summed E-state index contributed by atoms with van der Waals surface area (Å²) in [5, 5.41) is 5.73. The van der Waals surface area contributed by atoms with E-state index in [-0.39, 0.29) is 12.4 Å². The first kappa shape index (κ1) is 9.03. The van der Waals surface area contributed by atoms with Gasteiger partial charge in [-0.1, -0.05) is 24.3 Å². The molecule has 1 heterocycles. The fourth-order valence-electron chi connectivity index (χ4n) is 1.77. The normalized spacial score (nSPS) is 12.0. The van der Waals surface area contributed by atoms with Gasteiger partial charge in [0.2, 0.25) is 6.34 Å². The van der Waals surface area contributed by atoms with E-state index in [0.717, 1.165) is 0 Å². The molecule has 0 amide bonds. The predicted molar refractivity (Wildman–Crippen MR) is 54.3 cm³/mol. The number of hydrogen-bond donors (Lipinski definition) is 2. The van der Waals surface area contributed by atoms with Gasteiger partial charge in [0.25, 0.3) is 0 Å². The summed E-state index contributed by atoms with van der Waals surface area (Å²) in [5.41, 5.74) is 2.35. The minimum Gasteiger partial charge on any atom is -1.00 e. The largest absolute Gasteiger partial charge is 1.00 e. The molecular weight excluding hydrogens is 196 g/mol. The van der Waals surface area contributed by atoms with Crippen LogP contribution >= 0.6 is 0 Å². The topological polar surface area (TPSA) is 26.0 Å². The van der Waals surface area contributed by atoms with Crippen molar-refractivity contribution in [1.82, 2.24) is 0 Å². The van der Waals surface area contributed by atoms with Gasteiger partial charge in [0.05, 0.1) is 5.39 Å². The molecule has 0 atom stereocenters. The monoisotopic (exact) mass is 204 g/mol. The van der Waals surface area contributed by atoms with Crippen LogP contribution in [0, 0.1) is 0 Å². The molecule has 3 rings (SSSR count). The van der Waals surface area contributed by atoms with Crippen molar-refractivity contribution in [2.45, 2.75) is 0 Å². The highest BCUT2D eigenvalue weighted by Gasteiger charge is 2.11. The molecule has 0 aliphatic carbocycles. The van der Waals surface area contributed by atoms with Gasteiger partial charge in [-0.2, -0.15) is 0 Å². The zero-order chi connectivity index (χ0) is 8.67. The zero-order valence-electron chi connectivity index (χ0n) is 7.42. The van der Waals surface area contributed by atoms with Crippen molar-refractivity contribution in [1.29, 1.82) is 0 Å². The lowest BCUT2D eigenvalue weighted by Gasteiger charge is -2.07. The average molecular weight is 205 g/mol. The molecule has 0 saturated heterocycles. The zero-order valence-corrected chi connectivity index (χ0v) is 8.18. The smallest absolute Gasteiger partial charge is 0.240 e. The third-order valence-electron chi connectivity index (χ3n) is 2.36. The molecule has 70 valence electrons. The summed E-state index contributed by atoms with van der Waals surface area (Å²) in [6, 6.07) is 12.5. The van der Waals surface area contributed by atoms with Gasteiger partial charge in [-0.25, -0.2) is 10.3 Å². The van der Waals surface area contributed by atoms with E-state index in [9.17, 15) is 0 Å². The Bertz CT molecular complexity index is 500. The van der Waals surface area contributed by atoms with Crippen molar-refractivity contribution < 1.29 is 17.4 Å². The fourth-order valence-corrected chi connectivity index (χ4v) is 1.77. The molecule has 2 aromatic carbocycles. The van der Waals surface area contributed by atoms with Crippen molar-refractivity contribution in [3.8, 4) is 0 Å². The number of anilines is 1. The van der Waals surface area contributed by atoms with Crippen LogP contribution in [0.25, 0.3) is 10.8 Å². The van der Waals surface area contributed by atoms with Crippen LogP contribution in [0.15, 0.2) is 36.4 Å². The quantitative estimate of drug-likeness (QED) is 0.511. The molecule has 0 bridgehead atoms. The summed E-state index contributed by atoms with van der Waals surface area (Å²) in [6.07, 6.45) is 1.86. The van der Waals surface area contributed by atoms with E-state index >= 15 is 0 Å². The Balaban J connectivity index is 0.000000750. The number of rotatable bonds is 0. The third-order valence-corrected chi connectivity index (χ3v) is 2.36. The van der Waals surface area contributed by atoms with Crippen LogP contribution in [-0.4, -0.2) is 6.34 Å². The van der Waals surface area contributed by atoms with E-state index in [1.54, 1.807) is 0 Å². The first-order valence-corrected chi connectivity index (χ1v) is 4.32. The van der Waals surface area contributed by atoms with Crippen LogP contribution in [-0.2, 0) is 0 Å². The maximum absolute atomic E-state index is 3.19. The first-order valence-electron chi connectivity index (χ1n) is 4.32. The first-order chi connectivity index (χ1) is 6.45. The molecule has 2 N–H and O–H groups in total. The molecule has 0 saturated carbocycles. The highest BCUT2D eigenvalue weighted by atomic mass is 35.5. The molecule has 1 aliphatic rings. The summed E-state index contributed by atoms with van der Waals surface area (Å²) in [6.45, 7) is 0. The second kappa shape index (κ2) is 3.31. The van der Waals surface area contributed by atoms with Gasteiger partial charge in [0.1, 0.15) is 11.4 Å². The highest BCUT2D eigenvalue weighted by molar-refractivity contribution is 6.04. The molecule has 0 radical (unpaired) electrons. The molecule has 0 aromatic heterocycles. The van der Waals surface area contributed by atoms with E-state index < -0.39 is 0 Å². The third kappa shape index (κ3) is 1.16. The highest BCUT2D eigenvalue weighted by Crippen LogP contribution is 2.28. The molecule has 14 heavy (non-hydrogen) atoms. The number of nitrogens with one attached hydrogen (secondary N) is 2. The fraction of sp³-hybridized carbons (Fsp3) is 0. The number of halogens is 1. The van der Waals surface area contributed by atoms with Crippen molar-refractivity contribution in [2.24, 2.45) is 0 Å². The minimum absolute atomic E-state index is 0. The molecular formula is C11H9ClN2. The number of hydrogen-bond acceptors (Lipinski definition) is 1. The van der Waals surface area contributed by atoms with Crippen molar-refractivity contribution in [3.05, 3.63) is 36.4 Å². The van der Waals surface area contributed by atoms with Gasteiger partial charge in [0.15, 0.2) is 0 Å². The maximum atomic E-state index is 3.19. The van der Waals surface area contributed by atoms with Crippen LogP contribution in [0.2, 0.25) is 0 Å². The molecule has 2 aromatic rings. The lowest BCUT2D eigenvalue weighted by Crippen LogP contribution is -3.00. The standard InChI is InChI=1S/C11H8N2.ClH/c1-3-8-4-2-6-10-11(8)9(5-1)12-7-13-10;/h1-7H,(H,12,13);1H. The van der Waals surface area contributed by atoms with Crippen LogP contribution in [0.4, 0.5) is 11.4 Å². The van der Waals surface area contributed by atoms with Gasteiger partial charge in [-0.3, -0.25) is 0 Å². The van der Waals surface area contributed by atoms with Gasteiger partial charge < -0.3 is 12.4 Å². The molecule has 0 fully saturated rings. The molecule has 1 aliphatic heterocycles. The van der Waals surface area contributed by atoms with E-state index in [1.165, 1.54) is 22.1 Å². The summed E-state index contributed by atoms with van der Waals surface area (Å²) >= 11 is 0. The second-order valence-electron chi connectivity index (χ2n) is 3.14. The molecule has 3 heteroatoms. The Hall–Kier alpha value is -1.54. The van der Waals surface area contributed by atoms with E-state index in [0.29, 0.717) is 0 Å². The van der Waals surface area contributed by atoms with E-state index in [4.69, 9.17) is 0 Å². The maximum Gasteiger partial charge on any atom is 0.240 e. The van der Waals surface area contributed by atoms with Gasteiger partial charge in [-0.05, 0) is 17.5 Å². The van der Waals surface area contributed by atoms with E-state index in [1.807, 2.05) is 6.34 Å². The second-order valence-corrected chi connectivity index (χ2v) is 3.14. The molecule has 2 nitrogen and oxygen atoms in total. The lowest BCUT2D eigenvalue weighted by molar-refractivity contribution is -0.346.